The lowest BCUT2D eigenvalue weighted by atomic mass is 9.82. The van der Waals surface area contributed by atoms with Crippen LogP contribution in [0.2, 0.25) is 0 Å². The monoisotopic (exact) mass is 297 g/mol. The Hall–Kier alpha value is -2.03. The first kappa shape index (κ1) is 14.9. The quantitative estimate of drug-likeness (QED) is 0.772. The first-order valence-corrected chi connectivity index (χ1v) is 8.00. The Morgan fingerprint density at radius 3 is 2.68 bits per heavy atom. The maximum atomic E-state index is 11.8. The minimum Gasteiger partial charge on any atom is -0.465 e. The van der Waals surface area contributed by atoms with Crippen molar-refractivity contribution in [3.05, 3.63) is 41.6 Å². The second-order valence-electron chi connectivity index (χ2n) is 6.12. The molecule has 0 amide bonds. The fraction of sp³-hybridized carbons (Fsp3) is 0.421. The molecule has 0 unspecified atom stereocenters. The van der Waals surface area contributed by atoms with Crippen LogP contribution < -0.4 is 0 Å². The molecule has 0 atom stereocenters. The summed E-state index contributed by atoms with van der Waals surface area (Å²) in [4.78, 5) is 11.8. The summed E-state index contributed by atoms with van der Waals surface area (Å²) < 4.78 is 6.99. The third-order valence-electron chi connectivity index (χ3n) is 4.91. The van der Waals surface area contributed by atoms with E-state index in [2.05, 4.69) is 17.2 Å². The van der Waals surface area contributed by atoms with Crippen molar-refractivity contribution in [1.82, 2.24) is 4.57 Å². The topological polar surface area (TPSA) is 31.2 Å². The van der Waals surface area contributed by atoms with Gasteiger partial charge in [0.05, 0.1) is 12.7 Å². The minimum absolute atomic E-state index is 0.289. The highest BCUT2D eigenvalue weighted by Crippen LogP contribution is 2.40. The van der Waals surface area contributed by atoms with Crippen LogP contribution in [0.5, 0.6) is 0 Å². The lowest BCUT2D eigenvalue weighted by Gasteiger charge is -2.22. The molecule has 0 spiro atoms. The van der Waals surface area contributed by atoms with Crippen LogP contribution in [0.1, 0.15) is 59.6 Å². The number of hydrogen-bond donors (Lipinski definition) is 0. The van der Waals surface area contributed by atoms with Gasteiger partial charge in [0.15, 0.2) is 0 Å². The van der Waals surface area contributed by atoms with Gasteiger partial charge in [-0.2, -0.15) is 0 Å². The highest BCUT2D eigenvalue weighted by Gasteiger charge is 2.24. The van der Waals surface area contributed by atoms with Crippen molar-refractivity contribution in [2.24, 2.45) is 7.05 Å². The van der Waals surface area contributed by atoms with E-state index in [1.807, 2.05) is 25.3 Å². The number of aromatic nitrogens is 1. The van der Waals surface area contributed by atoms with Crippen molar-refractivity contribution in [1.29, 1.82) is 0 Å². The zero-order valence-corrected chi connectivity index (χ0v) is 13.4. The summed E-state index contributed by atoms with van der Waals surface area (Å²) in [6.45, 7) is 4.00. The molecule has 116 valence electrons. The normalized spacial score (nSPS) is 15.9. The molecule has 0 radical (unpaired) electrons. The zero-order chi connectivity index (χ0) is 15.7. The van der Waals surface area contributed by atoms with Crippen molar-refractivity contribution >= 4 is 22.9 Å². The summed E-state index contributed by atoms with van der Waals surface area (Å²) in [5, 5.41) is 1.25. The summed E-state index contributed by atoms with van der Waals surface area (Å²) in [6, 6.07) is 5.87. The molecular weight excluding hydrogens is 274 g/mol. The van der Waals surface area contributed by atoms with Crippen LogP contribution in [0.25, 0.3) is 17.0 Å². The largest absolute Gasteiger partial charge is 0.465 e. The van der Waals surface area contributed by atoms with E-state index in [9.17, 15) is 4.79 Å². The summed E-state index contributed by atoms with van der Waals surface area (Å²) in [6.07, 6.45) is 8.39. The molecular formula is C19H23NO2. The van der Waals surface area contributed by atoms with Crippen LogP contribution in [0.15, 0.2) is 24.8 Å². The molecule has 0 bridgehead atoms. The summed E-state index contributed by atoms with van der Waals surface area (Å²) in [7, 11) is 3.47. The predicted octanol–water partition coefficient (Wildman–Crippen LogP) is 4.66. The third kappa shape index (κ3) is 2.35. The summed E-state index contributed by atoms with van der Waals surface area (Å²) >= 11 is 0. The number of hydrogen-bond acceptors (Lipinski definition) is 2. The molecule has 0 N–H and O–H groups in total. The van der Waals surface area contributed by atoms with Crippen molar-refractivity contribution in [2.75, 3.05) is 7.11 Å². The lowest BCUT2D eigenvalue weighted by molar-refractivity contribution is 0.0601. The second-order valence-corrected chi connectivity index (χ2v) is 6.12. The van der Waals surface area contributed by atoms with Crippen LogP contribution >= 0.6 is 0 Å². The molecule has 1 fully saturated rings. The Kier molecular flexibility index (Phi) is 4.06. The number of esters is 1. The van der Waals surface area contributed by atoms with Gasteiger partial charge in [0.25, 0.3) is 0 Å². The van der Waals surface area contributed by atoms with Gasteiger partial charge >= 0.3 is 5.97 Å². The van der Waals surface area contributed by atoms with E-state index in [-0.39, 0.29) is 5.97 Å². The highest BCUT2D eigenvalue weighted by atomic mass is 16.5. The molecule has 1 saturated carbocycles. The fourth-order valence-corrected chi connectivity index (χ4v) is 3.80. The van der Waals surface area contributed by atoms with Crippen molar-refractivity contribution in [2.45, 2.75) is 38.0 Å². The van der Waals surface area contributed by atoms with Gasteiger partial charge in [-0.1, -0.05) is 31.9 Å². The Morgan fingerprint density at radius 2 is 2.05 bits per heavy atom. The highest BCUT2D eigenvalue weighted by molar-refractivity contribution is 5.97. The molecule has 22 heavy (non-hydrogen) atoms. The van der Waals surface area contributed by atoms with Crippen LogP contribution in [0.3, 0.4) is 0 Å². The molecule has 3 rings (SSSR count). The molecule has 1 aromatic carbocycles. The van der Waals surface area contributed by atoms with Crippen molar-refractivity contribution in [3.63, 3.8) is 0 Å². The van der Waals surface area contributed by atoms with Gasteiger partial charge in [0, 0.05) is 23.6 Å². The molecule has 1 aliphatic rings. The van der Waals surface area contributed by atoms with Gasteiger partial charge in [0.1, 0.15) is 0 Å². The minimum atomic E-state index is -0.289. The Morgan fingerprint density at radius 1 is 1.32 bits per heavy atom. The van der Waals surface area contributed by atoms with E-state index in [4.69, 9.17) is 4.74 Å². The van der Waals surface area contributed by atoms with E-state index in [0.29, 0.717) is 11.5 Å². The van der Waals surface area contributed by atoms with E-state index in [1.165, 1.54) is 55.9 Å². The van der Waals surface area contributed by atoms with Crippen LogP contribution in [-0.4, -0.2) is 17.6 Å². The number of benzene rings is 1. The number of methoxy groups -OCH3 is 1. The van der Waals surface area contributed by atoms with Gasteiger partial charge in [-0.25, -0.2) is 4.79 Å². The maximum absolute atomic E-state index is 11.8. The van der Waals surface area contributed by atoms with Gasteiger partial charge < -0.3 is 9.30 Å². The Labute approximate surface area is 131 Å². The maximum Gasteiger partial charge on any atom is 0.337 e. The lowest BCUT2D eigenvalue weighted by Crippen LogP contribution is -2.06. The number of carbonyl (C=O) groups excluding carboxylic acids is 1. The Bertz CT molecular complexity index is 721. The molecule has 1 aromatic heterocycles. The van der Waals surface area contributed by atoms with E-state index >= 15 is 0 Å². The smallest absolute Gasteiger partial charge is 0.337 e. The first-order valence-electron chi connectivity index (χ1n) is 8.00. The van der Waals surface area contributed by atoms with Crippen LogP contribution in [0, 0.1) is 0 Å². The molecule has 1 heterocycles. The van der Waals surface area contributed by atoms with Crippen molar-refractivity contribution < 1.29 is 9.53 Å². The Balaban J connectivity index is 2.18. The summed E-state index contributed by atoms with van der Waals surface area (Å²) in [5.41, 5.74) is 4.27. The standard InChI is InChI=1S/C19H23NO2/c1-4-16-18(13-8-6-5-7-9-13)15-11-10-14(19(21)22-3)12-17(15)20(16)2/h4,10-13H,1,5-9H2,2-3H3. The first-order chi connectivity index (χ1) is 10.7. The third-order valence-corrected chi connectivity index (χ3v) is 4.91. The number of aryl methyl sites for hydroxylation is 1. The van der Waals surface area contributed by atoms with Crippen LogP contribution in [0.4, 0.5) is 0 Å². The SMILES string of the molecule is C=Cc1c(C2CCCCC2)c2ccc(C(=O)OC)cc2n1C. The van der Waals surface area contributed by atoms with Gasteiger partial charge in [0.2, 0.25) is 0 Å². The van der Waals surface area contributed by atoms with E-state index in [0.717, 1.165) is 5.52 Å². The predicted molar refractivity (Wildman–Crippen MR) is 90.2 cm³/mol. The number of ether oxygens (including phenoxy) is 1. The van der Waals surface area contributed by atoms with Gasteiger partial charge in [-0.05, 0) is 42.5 Å². The zero-order valence-electron chi connectivity index (χ0n) is 13.4. The number of nitrogens with zero attached hydrogens (tertiary/aromatic N) is 1. The number of fused-ring (bicyclic) bond motifs is 1. The molecule has 3 nitrogen and oxygen atoms in total. The van der Waals surface area contributed by atoms with Crippen LogP contribution in [-0.2, 0) is 11.8 Å². The van der Waals surface area contributed by atoms with Crippen molar-refractivity contribution in [3.8, 4) is 0 Å². The van der Waals surface area contributed by atoms with E-state index in [1.54, 1.807) is 0 Å². The molecule has 0 aliphatic heterocycles. The second kappa shape index (κ2) is 5.99. The molecule has 2 aromatic rings. The number of rotatable bonds is 3. The average Bonchev–Trinajstić information content (AvgIpc) is 2.86. The molecule has 1 aliphatic carbocycles. The summed E-state index contributed by atoms with van der Waals surface area (Å²) in [5.74, 6) is 0.317. The molecule has 0 saturated heterocycles. The van der Waals surface area contributed by atoms with E-state index < -0.39 is 0 Å². The fourth-order valence-electron chi connectivity index (χ4n) is 3.80. The van der Waals surface area contributed by atoms with Gasteiger partial charge in [-0.15, -0.1) is 0 Å². The molecule has 3 heteroatoms. The number of carbonyl (C=O) groups is 1. The average molecular weight is 297 g/mol. The van der Waals surface area contributed by atoms with Gasteiger partial charge in [-0.3, -0.25) is 0 Å².